The second-order valence-corrected chi connectivity index (χ2v) is 4.38. The van der Waals surface area contributed by atoms with Gasteiger partial charge in [-0.15, -0.1) is 0 Å². The van der Waals surface area contributed by atoms with Gasteiger partial charge in [-0.1, -0.05) is 30.3 Å². The summed E-state index contributed by atoms with van der Waals surface area (Å²) in [6.07, 6.45) is 3.76. The Bertz CT molecular complexity index is 583. The zero-order valence-corrected chi connectivity index (χ0v) is 10.5. The highest BCUT2D eigenvalue weighted by Gasteiger charge is 1.99. The van der Waals surface area contributed by atoms with Crippen LogP contribution in [0.15, 0.2) is 54.6 Å². The third kappa shape index (κ3) is 4.00. The summed E-state index contributed by atoms with van der Waals surface area (Å²) >= 11 is 0. The number of rotatable bonds is 4. The molecule has 0 amide bonds. The van der Waals surface area contributed by atoms with Crippen molar-refractivity contribution in [3.8, 4) is 0 Å². The summed E-state index contributed by atoms with van der Waals surface area (Å²) in [6, 6.07) is 14.7. The molecule has 3 heteroatoms. The first kappa shape index (κ1) is 12.9. The quantitative estimate of drug-likeness (QED) is 0.649. The molecule has 0 saturated carbocycles. The lowest BCUT2D eigenvalue weighted by Crippen LogP contribution is -1.98. The third-order valence-corrected chi connectivity index (χ3v) is 2.76. The van der Waals surface area contributed by atoms with E-state index in [-0.39, 0.29) is 5.78 Å². The second kappa shape index (κ2) is 5.87. The van der Waals surface area contributed by atoms with Gasteiger partial charge in [0.15, 0.2) is 5.78 Å². The van der Waals surface area contributed by atoms with E-state index in [1.807, 2.05) is 36.4 Å². The Hall–Kier alpha value is -2.55. The molecule has 0 aromatic heterocycles. The van der Waals surface area contributed by atoms with Crippen LogP contribution in [0.5, 0.6) is 0 Å². The van der Waals surface area contributed by atoms with Crippen molar-refractivity contribution in [2.24, 2.45) is 0 Å². The molecule has 2 aromatic carbocycles. The van der Waals surface area contributed by atoms with Crippen LogP contribution in [0.4, 0.5) is 11.4 Å². The fraction of sp³-hybridized carbons (Fsp3) is 0.0625. The molecule has 0 aliphatic heterocycles. The molecule has 96 valence electrons. The minimum Gasteiger partial charge on any atom is -0.399 e. The highest BCUT2D eigenvalue weighted by atomic mass is 16.1. The van der Waals surface area contributed by atoms with E-state index in [1.54, 1.807) is 24.3 Å². The topological polar surface area (TPSA) is 69.1 Å². The lowest BCUT2D eigenvalue weighted by molar-refractivity contribution is -0.113. The third-order valence-electron chi connectivity index (χ3n) is 2.76. The summed E-state index contributed by atoms with van der Waals surface area (Å²) in [7, 11) is 0. The predicted octanol–water partition coefficient (Wildman–Crippen LogP) is 2.68. The summed E-state index contributed by atoms with van der Waals surface area (Å²) in [6.45, 7) is 0. The molecule has 0 radical (unpaired) electrons. The van der Waals surface area contributed by atoms with Crippen molar-refractivity contribution >= 4 is 23.2 Å². The molecule has 0 heterocycles. The largest absolute Gasteiger partial charge is 0.399 e. The van der Waals surface area contributed by atoms with Gasteiger partial charge < -0.3 is 11.5 Å². The van der Waals surface area contributed by atoms with Gasteiger partial charge >= 0.3 is 0 Å². The summed E-state index contributed by atoms with van der Waals surface area (Å²) in [5.41, 5.74) is 14.5. The number of hydrogen-bond acceptors (Lipinski definition) is 3. The van der Waals surface area contributed by atoms with Crippen LogP contribution < -0.4 is 11.5 Å². The molecule has 0 fully saturated rings. The van der Waals surface area contributed by atoms with Gasteiger partial charge in [-0.2, -0.15) is 0 Å². The van der Waals surface area contributed by atoms with E-state index >= 15 is 0 Å². The van der Waals surface area contributed by atoms with Crippen LogP contribution in [0.2, 0.25) is 0 Å². The van der Waals surface area contributed by atoms with Crippen molar-refractivity contribution in [1.82, 2.24) is 0 Å². The molecule has 0 aliphatic carbocycles. The molecular weight excluding hydrogens is 236 g/mol. The smallest absolute Gasteiger partial charge is 0.160 e. The van der Waals surface area contributed by atoms with Crippen LogP contribution in [-0.4, -0.2) is 5.78 Å². The van der Waals surface area contributed by atoms with Gasteiger partial charge in [-0.25, -0.2) is 0 Å². The van der Waals surface area contributed by atoms with Gasteiger partial charge in [0.2, 0.25) is 0 Å². The number of benzene rings is 2. The van der Waals surface area contributed by atoms with Crippen LogP contribution in [-0.2, 0) is 11.2 Å². The molecule has 4 N–H and O–H groups in total. The van der Waals surface area contributed by atoms with E-state index in [4.69, 9.17) is 11.5 Å². The van der Waals surface area contributed by atoms with E-state index in [9.17, 15) is 4.79 Å². The second-order valence-electron chi connectivity index (χ2n) is 4.38. The number of nitrogen functional groups attached to an aromatic ring is 2. The molecule has 2 rings (SSSR count). The number of carbonyl (C=O) groups is 1. The van der Waals surface area contributed by atoms with Crippen LogP contribution in [0.25, 0.3) is 6.08 Å². The maximum atomic E-state index is 11.8. The minimum atomic E-state index is 0.0570. The van der Waals surface area contributed by atoms with Crippen molar-refractivity contribution in [2.45, 2.75) is 6.42 Å². The van der Waals surface area contributed by atoms with Gasteiger partial charge in [-0.3, -0.25) is 4.79 Å². The maximum absolute atomic E-state index is 11.8. The van der Waals surface area contributed by atoms with Crippen LogP contribution in [0, 0.1) is 0 Å². The van der Waals surface area contributed by atoms with Crippen molar-refractivity contribution in [2.75, 3.05) is 11.5 Å². The summed E-state index contributed by atoms with van der Waals surface area (Å²) in [5.74, 6) is 0.0570. The molecule has 19 heavy (non-hydrogen) atoms. The number of hydrogen-bond donors (Lipinski definition) is 2. The van der Waals surface area contributed by atoms with Crippen LogP contribution in [0.3, 0.4) is 0 Å². The fourth-order valence-electron chi connectivity index (χ4n) is 1.69. The number of ketones is 1. The van der Waals surface area contributed by atoms with Crippen LogP contribution >= 0.6 is 0 Å². The van der Waals surface area contributed by atoms with E-state index < -0.39 is 0 Å². The van der Waals surface area contributed by atoms with Gasteiger partial charge in [0.05, 0.1) is 0 Å². The van der Waals surface area contributed by atoms with Crippen molar-refractivity contribution in [3.63, 3.8) is 0 Å². The van der Waals surface area contributed by atoms with E-state index in [1.165, 1.54) is 0 Å². The van der Waals surface area contributed by atoms with Gasteiger partial charge in [-0.05, 0) is 41.5 Å². The summed E-state index contributed by atoms with van der Waals surface area (Å²) < 4.78 is 0. The number of carbonyl (C=O) groups excluding carboxylic acids is 1. The molecule has 0 spiro atoms. The summed E-state index contributed by atoms with van der Waals surface area (Å²) in [5, 5.41) is 0. The highest BCUT2D eigenvalue weighted by molar-refractivity contribution is 5.95. The Morgan fingerprint density at radius 2 is 1.42 bits per heavy atom. The lowest BCUT2D eigenvalue weighted by atomic mass is 10.1. The molecular formula is C16H16N2O. The van der Waals surface area contributed by atoms with Crippen molar-refractivity contribution in [1.29, 1.82) is 0 Å². The Morgan fingerprint density at radius 1 is 0.895 bits per heavy atom. The maximum Gasteiger partial charge on any atom is 0.160 e. The summed E-state index contributed by atoms with van der Waals surface area (Å²) in [4.78, 5) is 11.8. The highest BCUT2D eigenvalue weighted by Crippen LogP contribution is 2.09. The molecule has 0 atom stereocenters. The normalized spacial score (nSPS) is 10.7. The fourth-order valence-corrected chi connectivity index (χ4v) is 1.69. The van der Waals surface area contributed by atoms with E-state index in [2.05, 4.69) is 0 Å². The molecule has 3 nitrogen and oxygen atoms in total. The van der Waals surface area contributed by atoms with Crippen molar-refractivity contribution < 1.29 is 4.79 Å². The first-order valence-corrected chi connectivity index (χ1v) is 6.04. The van der Waals surface area contributed by atoms with Gasteiger partial charge in [0, 0.05) is 17.8 Å². The predicted molar refractivity (Wildman–Crippen MR) is 79.5 cm³/mol. The monoisotopic (exact) mass is 252 g/mol. The number of anilines is 2. The van der Waals surface area contributed by atoms with Crippen molar-refractivity contribution in [3.05, 3.63) is 65.7 Å². The first-order chi connectivity index (χ1) is 9.13. The molecule has 2 aromatic rings. The molecule has 0 aliphatic rings. The lowest BCUT2D eigenvalue weighted by Gasteiger charge is -1.99. The Kier molecular flexibility index (Phi) is 3.98. The Balaban J connectivity index is 1.97. The number of allylic oxidation sites excluding steroid dienone is 1. The van der Waals surface area contributed by atoms with E-state index in [0.717, 1.165) is 11.1 Å². The zero-order chi connectivity index (χ0) is 13.7. The van der Waals surface area contributed by atoms with E-state index in [0.29, 0.717) is 17.8 Å². The Morgan fingerprint density at radius 3 is 2.00 bits per heavy atom. The minimum absolute atomic E-state index is 0.0570. The first-order valence-electron chi connectivity index (χ1n) is 6.04. The van der Waals surface area contributed by atoms with Crippen LogP contribution in [0.1, 0.15) is 11.1 Å². The standard InChI is InChI=1S/C16H16N2O/c17-14-6-1-12(2-7-14)5-10-16(19)11-13-3-8-15(18)9-4-13/h1-10H,11,17-18H2/b10-5+. The molecule has 0 bridgehead atoms. The average Bonchev–Trinajstić information content (AvgIpc) is 2.41. The number of nitrogens with two attached hydrogens (primary N) is 2. The Labute approximate surface area is 112 Å². The van der Waals surface area contributed by atoms with Gasteiger partial charge in [0.25, 0.3) is 0 Å². The molecule has 0 saturated heterocycles. The SMILES string of the molecule is Nc1ccc(/C=C/C(=O)Cc2ccc(N)cc2)cc1. The van der Waals surface area contributed by atoms with Gasteiger partial charge in [0.1, 0.15) is 0 Å². The molecule has 0 unspecified atom stereocenters. The zero-order valence-electron chi connectivity index (χ0n) is 10.5. The average molecular weight is 252 g/mol.